The number of furan rings is 1. The number of allylic oxidation sites excluding steroid dienone is 1. The summed E-state index contributed by atoms with van der Waals surface area (Å²) in [6.45, 7) is 4.02. The van der Waals surface area contributed by atoms with Crippen molar-refractivity contribution in [3.05, 3.63) is 99.0 Å². The molecule has 0 atom stereocenters. The molecule has 2 heterocycles. The standard InChI is InChI=1S/C27H19NO8/c1-3-33-18-8-10-22-21(13-18)25(15(2)34-22)27(30)35-19-7-9-20-23(14-19)36-24(26(20)29)12-16-5-4-6-17(11-16)28(31)32/h4-14H,3H2,1-2H3/b24-12-. The molecule has 9 heteroatoms. The van der Waals surface area contributed by atoms with Crippen LogP contribution in [0.2, 0.25) is 0 Å². The van der Waals surface area contributed by atoms with Gasteiger partial charge in [0.2, 0.25) is 5.78 Å². The highest BCUT2D eigenvalue weighted by Gasteiger charge is 2.29. The minimum absolute atomic E-state index is 0.00843. The second-order valence-corrected chi connectivity index (χ2v) is 7.96. The highest BCUT2D eigenvalue weighted by Crippen LogP contribution is 2.36. The Hall–Kier alpha value is -4.92. The van der Waals surface area contributed by atoms with E-state index in [2.05, 4.69) is 0 Å². The van der Waals surface area contributed by atoms with Crippen molar-refractivity contribution in [1.29, 1.82) is 0 Å². The maximum absolute atomic E-state index is 13.0. The second kappa shape index (κ2) is 9.03. The molecule has 1 aliphatic rings. The van der Waals surface area contributed by atoms with Crippen LogP contribution in [0.3, 0.4) is 0 Å². The molecule has 180 valence electrons. The van der Waals surface area contributed by atoms with Gasteiger partial charge in [-0.25, -0.2) is 4.79 Å². The van der Waals surface area contributed by atoms with E-state index in [1.807, 2.05) is 6.92 Å². The summed E-state index contributed by atoms with van der Waals surface area (Å²) < 4.78 is 22.5. The van der Waals surface area contributed by atoms with Crippen molar-refractivity contribution in [1.82, 2.24) is 0 Å². The van der Waals surface area contributed by atoms with Gasteiger partial charge in [0.25, 0.3) is 5.69 Å². The Bertz CT molecular complexity index is 1580. The normalized spacial score (nSPS) is 13.5. The molecule has 1 aromatic heterocycles. The number of aryl methyl sites for hydroxylation is 1. The van der Waals surface area contributed by atoms with Crippen molar-refractivity contribution in [3.8, 4) is 17.2 Å². The van der Waals surface area contributed by atoms with Crippen molar-refractivity contribution in [2.75, 3.05) is 6.61 Å². The summed E-state index contributed by atoms with van der Waals surface area (Å²) in [5, 5.41) is 11.6. The molecule has 0 amide bonds. The van der Waals surface area contributed by atoms with Gasteiger partial charge in [0.1, 0.15) is 34.2 Å². The number of esters is 1. The van der Waals surface area contributed by atoms with Crippen LogP contribution < -0.4 is 14.2 Å². The van der Waals surface area contributed by atoms with Crippen LogP contribution in [0.5, 0.6) is 17.2 Å². The van der Waals surface area contributed by atoms with E-state index < -0.39 is 10.9 Å². The average Bonchev–Trinajstić information content (AvgIpc) is 3.34. The lowest BCUT2D eigenvalue weighted by Crippen LogP contribution is -2.09. The smallest absolute Gasteiger partial charge is 0.347 e. The molecule has 4 aromatic rings. The Kier molecular flexibility index (Phi) is 5.73. The van der Waals surface area contributed by atoms with E-state index >= 15 is 0 Å². The highest BCUT2D eigenvalue weighted by atomic mass is 16.6. The van der Waals surface area contributed by atoms with Gasteiger partial charge in [-0.3, -0.25) is 14.9 Å². The number of non-ortho nitro benzene ring substituents is 1. The molecule has 0 radical (unpaired) electrons. The first-order valence-electron chi connectivity index (χ1n) is 11.0. The zero-order valence-corrected chi connectivity index (χ0v) is 19.3. The van der Waals surface area contributed by atoms with Crippen LogP contribution in [0.1, 0.15) is 39.0 Å². The fourth-order valence-corrected chi connectivity index (χ4v) is 3.98. The molecule has 0 saturated carbocycles. The molecule has 5 rings (SSSR count). The van der Waals surface area contributed by atoms with E-state index in [0.29, 0.717) is 34.6 Å². The van der Waals surface area contributed by atoms with Crippen LogP contribution in [0, 0.1) is 17.0 Å². The van der Waals surface area contributed by atoms with Gasteiger partial charge in [-0.15, -0.1) is 0 Å². The van der Waals surface area contributed by atoms with Gasteiger partial charge < -0.3 is 18.6 Å². The third kappa shape index (κ3) is 4.18. The van der Waals surface area contributed by atoms with Crippen LogP contribution in [-0.4, -0.2) is 23.3 Å². The predicted molar refractivity (Wildman–Crippen MR) is 130 cm³/mol. The third-order valence-corrected chi connectivity index (χ3v) is 5.58. The van der Waals surface area contributed by atoms with Gasteiger partial charge in [0.05, 0.1) is 17.1 Å². The average molecular weight is 485 g/mol. The van der Waals surface area contributed by atoms with Crippen LogP contribution >= 0.6 is 0 Å². The number of benzene rings is 3. The molecule has 0 bridgehead atoms. The molecule has 0 fully saturated rings. The number of carbonyl (C=O) groups is 2. The van der Waals surface area contributed by atoms with E-state index in [1.54, 1.807) is 31.2 Å². The monoisotopic (exact) mass is 485 g/mol. The van der Waals surface area contributed by atoms with Gasteiger partial charge in [-0.05, 0) is 55.8 Å². The van der Waals surface area contributed by atoms with Crippen molar-refractivity contribution >= 4 is 34.5 Å². The lowest BCUT2D eigenvalue weighted by atomic mass is 10.1. The molecule has 3 aromatic carbocycles. The van der Waals surface area contributed by atoms with Crippen molar-refractivity contribution in [3.63, 3.8) is 0 Å². The SMILES string of the molecule is CCOc1ccc2oc(C)c(C(=O)Oc3ccc4c(c3)O/C(=C\c3cccc([N+](=O)[O-])c3)C4=O)c2c1. The second-order valence-electron chi connectivity index (χ2n) is 7.96. The molecule has 0 unspecified atom stereocenters. The molecule has 0 saturated heterocycles. The quantitative estimate of drug-likeness (QED) is 0.109. The summed E-state index contributed by atoms with van der Waals surface area (Å²) in [4.78, 5) is 36.3. The molecular weight excluding hydrogens is 466 g/mol. The summed E-state index contributed by atoms with van der Waals surface area (Å²) in [6, 6.07) is 15.5. The number of nitro groups is 1. The van der Waals surface area contributed by atoms with Crippen molar-refractivity contribution in [2.24, 2.45) is 0 Å². The lowest BCUT2D eigenvalue weighted by molar-refractivity contribution is -0.384. The van der Waals surface area contributed by atoms with E-state index in [9.17, 15) is 19.7 Å². The van der Waals surface area contributed by atoms with Gasteiger partial charge >= 0.3 is 5.97 Å². The number of fused-ring (bicyclic) bond motifs is 2. The van der Waals surface area contributed by atoms with Gasteiger partial charge in [0.15, 0.2) is 5.76 Å². The Labute approximate surface area is 204 Å². The zero-order valence-electron chi connectivity index (χ0n) is 19.3. The molecule has 0 aliphatic carbocycles. The van der Waals surface area contributed by atoms with E-state index in [-0.39, 0.29) is 39.9 Å². The molecule has 9 nitrogen and oxygen atoms in total. The molecule has 1 aliphatic heterocycles. The largest absolute Gasteiger partial charge is 0.494 e. The molecule has 36 heavy (non-hydrogen) atoms. The maximum atomic E-state index is 13.0. The number of Topliss-reactive ketones (excluding diaryl/α,β-unsaturated/α-hetero) is 1. The van der Waals surface area contributed by atoms with E-state index in [4.69, 9.17) is 18.6 Å². The van der Waals surface area contributed by atoms with E-state index in [0.717, 1.165) is 0 Å². The van der Waals surface area contributed by atoms with Gasteiger partial charge in [0, 0.05) is 23.6 Å². The van der Waals surface area contributed by atoms with Crippen LogP contribution in [-0.2, 0) is 0 Å². The number of hydrogen-bond acceptors (Lipinski definition) is 8. The van der Waals surface area contributed by atoms with Gasteiger partial charge in [-0.1, -0.05) is 12.1 Å². The minimum atomic E-state index is -0.628. The maximum Gasteiger partial charge on any atom is 0.347 e. The summed E-state index contributed by atoms with van der Waals surface area (Å²) in [5.74, 6) is 0.401. The number of hydrogen-bond donors (Lipinski definition) is 0. The number of rotatable bonds is 6. The number of ketones is 1. The Morgan fingerprint density at radius 3 is 2.67 bits per heavy atom. The first kappa shape index (κ1) is 22.9. The van der Waals surface area contributed by atoms with Gasteiger partial charge in [-0.2, -0.15) is 0 Å². The number of carbonyl (C=O) groups excluding carboxylic acids is 2. The molecule has 0 spiro atoms. The number of nitro benzene ring substituents is 1. The third-order valence-electron chi connectivity index (χ3n) is 5.58. The Morgan fingerprint density at radius 2 is 1.89 bits per heavy atom. The molecule has 0 N–H and O–H groups in total. The highest BCUT2D eigenvalue weighted by molar-refractivity contribution is 6.14. The Balaban J connectivity index is 1.40. The van der Waals surface area contributed by atoms with E-state index in [1.165, 1.54) is 42.5 Å². The summed E-state index contributed by atoms with van der Waals surface area (Å²) in [7, 11) is 0. The summed E-state index contributed by atoms with van der Waals surface area (Å²) in [6.07, 6.45) is 1.43. The predicted octanol–water partition coefficient (Wildman–Crippen LogP) is 5.88. The summed E-state index contributed by atoms with van der Waals surface area (Å²) >= 11 is 0. The number of nitrogens with zero attached hydrogens (tertiary/aromatic N) is 1. The van der Waals surface area contributed by atoms with Crippen LogP contribution in [0.4, 0.5) is 5.69 Å². The number of ether oxygens (including phenoxy) is 3. The topological polar surface area (TPSA) is 118 Å². The summed E-state index contributed by atoms with van der Waals surface area (Å²) in [5.41, 5.74) is 1.44. The fraction of sp³-hybridized carbons (Fsp3) is 0.111. The lowest BCUT2D eigenvalue weighted by Gasteiger charge is -2.06. The minimum Gasteiger partial charge on any atom is -0.494 e. The zero-order chi connectivity index (χ0) is 25.4. The first-order valence-corrected chi connectivity index (χ1v) is 11.0. The first-order chi connectivity index (χ1) is 17.3. The van der Waals surface area contributed by atoms with Crippen molar-refractivity contribution < 1.29 is 33.1 Å². The molecular formula is C27H19NO8. The Morgan fingerprint density at radius 1 is 1.08 bits per heavy atom. The van der Waals surface area contributed by atoms with Crippen LogP contribution in [0.25, 0.3) is 17.0 Å². The van der Waals surface area contributed by atoms with Crippen molar-refractivity contribution in [2.45, 2.75) is 13.8 Å². The fourth-order valence-electron chi connectivity index (χ4n) is 3.98. The van der Waals surface area contributed by atoms with Crippen LogP contribution in [0.15, 0.2) is 70.8 Å².